The Hall–Kier alpha value is -2.33. The van der Waals surface area contributed by atoms with E-state index in [2.05, 4.69) is 74.9 Å². The molecule has 1 aliphatic heterocycles. The van der Waals surface area contributed by atoms with Crippen molar-refractivity contribution in [3.8, 4) is 0 Å². The average Bonchev–Trinajstić information content (AvgIpc) is 2.74. The van der Waals surface area contributed by atoms with E-state index in [9.17, 15) is 0 Å². The van der Waals surface area contributed by atoms with Crippen LogP contribution in [0.15, 0.2) is 65.6 Å². The fraction of sp³-hybridized carbons (Fsp3) is 0.500. The van der Waals surface area contributed by atoms with E-state index in [-0.39, 0.29) is 11.5 Å². The van der Waals surface area contributed by atoms with Gasteiger partial charge in [0.15, 0.2) is 0 Å². The molecule has 1 atom stereocenters. The van der Waals surface area contributed by atoms with Gasteiger partial charge in [-0.2, -0.15) is 5.10 Å². The monoisotopic (exact) mass is 410 g/mol. The van der Waals surface area contributed by atoms with Crippen molar-refractivity contribution in [3.05, 3.63) is 71.7 Å². The lowest BCUT2D eigenvalue weighted by Gasteiger charge is -2.37. The van der Waals surface area contributed by atoms with Crippen LogP contribution in [-0.2, 0) is 15.9 Å². The number of ether oxygens (including phenoxy) is 2. The number of hydrogen-bond acceptors (Lipinski definition) is 4. The van der Waals surface area contributed by atoms with Crippen LogP contribution < -0.4 is 0 Å². The highest BCUT2D eigenvalue weighted by molar-refractivity contribution is 5.53. The van der Waals surface area contributed by atoms with Crippen molar-refractivity contribution in [1.29, 1.82) is 0 Å². The Kier molecular flexibility index (Phi) is 9.38. The molecule has 2 rings (SSSR count). The van der Waals surface area contributed by atoms with Gasteiger partial charge in [-0.15, -0.1) is 0 Å². The highest BCUT2D eigenvalue weighted by Gasteiger charge is 2.34. The molecule has 0 aliphatic carbocycles. The number of allylic oxidation sites excluding steroid dienone is 3. The van der Waals surface area contributed by atoms with E-state index >= 15 is 0 Å². The van der Waals surface area contributed by atoms with Crippen molar-refractivity contribution in [2.24, 2.45) is 10.5 Å². The first-order valence-electron chi connectivity index (χ1n) is 11.0. The molecule has 1 unspecified atom stereocenters. The van der Waals surface area contributed by atoms with E-state index in [1.807, 2.05) is 20.1 Å². The van der Waals surface area contributed by atoms with Gasteiger partial charge < -0.3 is 9.47 Å². The van der Waals surface area contributed by atoms with Gasteiger partial charge >= 0.3 is 0 Å². The number of benzene rings is 1. The van der Waals surface area contributed by atoms with Gasteiger partial charge in [-0.3, -0.25) is 5.01 Å². The second-order valence-corrected chi connectivity index (χ2v) is 8.20. The molecular weight excluding hydrogens is 372 g/mol. The zero-order valence-electron chi connectivity index (χ0n) is 19.4. The Morgan fingerprint density at radius 1 is 1.33 bits per heavy atom. The van der Waals surface area contributed by atoms with Gasteiger partial charge in [0.2, 0.25) is 0 Å². The summed E-state index contributed by atoms with van der Waals surface area (Å²) in [4.78, 5) is 0. The summed E-state index contributed by atoms with van der Waals surface area (Å²) in [5.74, 6) is 0.770. The van der Waals surface area contributed by atoms with Crippen LogP contribution in [0.25, 0.3) is 0 Å². The molecule has 1 saturated heterocycles. The lowest BCUT2D eigenvalue weighted by Crippen LogP contribution is -2.43. The topological polar surface area (TPSA) is 34.1 Å². The molecule has 0 bridgehead atoms. The maximum absolute atomic E-state index is 5.92. The number of hydrazone groups is 1. The maximum Gasteiger partial charge on any atom is 0.0975 e. The van der Waals surface area contributed by atoms with Crippen molar-refractivity contribution < 1.29 is 9.47 Å². The third-order valence-electron chi connectivity index (χ3n) is 5.33. The minimum atomic E-state index is 0.120. The van der Waals surface area contributed by atoms with Crippen molar-refractivity contribution in [2.45, 2.75) is 59.9 Å². The quantitative estimate of drug-likeness (QED) is 0.172. The van der Waals surface area contributed by atoms with E-state index in [1.165, 1.54) is 11.1 Å². The molecule has 1 fully saturated rings. The Morgan fingerprint density at radius 2 is 2.10 bits per heavy atom. The molecule has 0 amide bonds. The predicted molar refractivity (Wildman–Crippen MR) is 126 cm³/mol. The lowest BCUT2D eigenvalue weighted by molar-refractivity contribution is -0.129. The van der Waals surface area contributed by atoms with Crippen LogP contribution in [0.2, 0.25) is 0 Å². The van der Waals surface area contributed by atoms with Crippen LogP contribution in [0.4, 0.5) is 0 Å². The number of aryl methyl sites for hydroxylation is 1. The third-order valence-corrected chi connectivity index (χ3v) is 5.33. The zero-order chi connectivity index (χ0) is 22.0. The van der Waals surface area contributed by atoms with Crippen LogP contribution in [0.3, 0.4) is 0 Å². The summed E-state index contributed by atoms with van der Waals surface area (Å²) in [6, 6.07) is 8.98. The summed E-state index contributed by atoms with van der Waals surface area (Å²) in [5.41, 5.74) is 3.80. The molecule has 164 valence electrons. The molecule has 0 spiro atoms. The maximum atomic E-state index is 5.92. The summed E-state index contributed by atoms with van der Waals surface area (Å²) in [6.07, 6.45) is 10.8. The second-order valence-electron chi connectivity index (χ2n) is 8.20. The molecule has 1 aromatic rings. The standard InChI is InChI=1S/C26H38N2O2/c1-7-12-24(16-15-21(5)30-20-26(6)18-29-19-26)28(27-10-4)25(9-3)23-14-11-13-22(8-2)17-23/h7,10-14,16-17,25H,5,8-9,15,18-20H2,1-4,6H3/b12-7-,24-16+,27-10-. The molecular formula is C26H38N2O2. The summed E-state index contributed by atoms with van der Waals surface area (Å²) >= 11 is 0. The molecule has 30 heavy (non-hydrogen) atoms. The summed E-state index contributed by atoms with van der Waals surface area (Å²) in [5, 5.41) is 6.85. The first kappa shape index (κ1) is 23.9. The van der Waals surface area contributed by atoms with Gasteiger partial charge in [0.25, 0.3) is 0 Å². The fourth-order valence-electron chi connectivity index (χ4n) is 3.52. The van der Waals surface area contributed by atoms with Crippen LogP contribution in [0.5, 0.6) is 0 Å². The molecule has 4 heteroatoms. The van der Waals surface area contributed by atoms with E-state index in [0.717, 1.165) is 37.5 Å². The van der Waals surface area contributed by atoms with Crippen LogP contribution >= 0.6 is 0 Å². The third kappa shape index (κ3) is 6.60. The first-order valence-corrected chi connectivity index (χ1v) is 11.0. The van der Waals surface area contributed by atoms with Gasteiger partial charge in [0.05, 0.1) is 37.3 Å². The molecule has 0 N–H and O–H groups in total. The Bertz CT molecular complexity index is 775. The van der Waals surface area contributed by atoms with Crippen LogP contribution in [0, 0.1) is 5.41 Å². The smallest absolute Gasteiger partial charge is 0.0975 e. The molecule has 0 radical (unpaired) electrons. The minimum absolute atomic E-state index is 0.120. The van der Waals surface area contributed by atoms with Crippen molar-refractivity contribution in [3.63, 3.8) is 0 Å². The van der Waals surface area contributed by atoms with Gasteiger partial charge in [-0.05, 0) is 43.9 Å². The predicted octanol–water partition coefficient (Wildman–Crippen LogP) is 6.42. The van der Waals surface area contributed by atoms with Crippen LogP contribution in [-0.4, -0.2) is 31.0 Å². The zero-order valence-corrected chi connectivity index (χ0v) is 19.4. The molecule has 0 aromatic heterocycles. The first-order chi connectivity index (χ1) is 14.5. The van der Waals surface area contributed by atoms with Gasteiger partial charge in [-0.1, -0.05) is 63.8 Å². The van der Waals surface area contributed by atoms with Gasteiger partial charge in [-0.25, -0.2) is 0 Å². The summed E-state index contributed by atoms with van der Waals surface area (Å²) < 4.78 is 11.2. The number of rotatable bonds is 12. The highest BCUT2D eigenvalue weighted by atomic mass is 16.5. The molecule has 1 heterocycles. The Balaban J connectivity index is 2.20. The minimum Gasteiger partial charge on any atom is -0.497 e. The fourth-order valence-corrected chi connectivity index (χ4v) is 3.52. The Morgan fingerprint density at radius 3 is 2.67 bits per heavy atom. The van der Waals surface area contributed by atoms with E-state index in [0.29, 0.717) is 13.0 Å². The van der Waals surface area contributed by atoms with E-state index in [4.69, 9.17) is 14.6 Å². The number of nitrogens with zero attached hydrogens (tertiary/aromatic N) is 2. The molecule has 1 aliphatic rings. The highest BCUT2D eigenvalue weighted by Crippen LogP contribution is 2.31. The van der Waals surface area contributed by atoms with E-state index in [1.54, 1.807) is 0 Å². The molecule has 1 aromatic carbocycles. The lowest BCUT2D eigenvalue weighted by atomic mass is 9.90. The van der Waals surface area contributed by atoms with Crippen molar-refractivity contribution >= 4 is 6.21 Å². The molecule has 0 saturated carbocycles. The number of hydrogen-bond donors (Lipinski definition) is 0. The molecule has 4 nitrogen and oxygen atoms in total. The van der Waals surface area contributed by atoms with E-state index < -0.39 is 0 Å². The summed E-state index contributed by atoms with van der Waals surface area (Å²) in [6.45, 7) is 16.8. The Labute approximate surface area is 183 Å². The van der Waals surface area contributed by atoms with Crippen LogP contribution in [0.1, 0.15) is 64.6 Å². The van der Waals surface area contributed by atoms with Crippen molar-refractivity contribution in [2.75, 3.05) is 19.8 Å². The van der Waals surface area contributed by atoms with Gasteiger partial charge in [0.1, 0.15) is 0 Å². The largest absolute Gasteiger partial charge is 0.497 e. The normalized spacial score (nSPS) is 17.2. The summed E-state index contributed by atoms with van der Waals surface area (Å²) in [7, 11) is 0. The van der Waals surface area contributed by atoms with Gasteiger partial charge in [0, 0.05) is 18.1 Å². The SMILES string of the molecule is C=C(C/C=C(\C=C/C)N(/N=C\C)C(CC)c1cccc(CC)c1)OCC1(C)COC1. The second kappa shape index (κ2) is 11.8. The average molecular weight is 411 g/mol. The van der Waals surface area contributed by atoms with Crippen molar-refractivity contribution in [1.82, 2.24) is 5.01 Å².